The molecule has 0 N–H and O–H groups in total. The molecular formula is C119H148. The second kappa shape index (κ2) is 44.6. The van der Waals surface area contributed by atoms with Gasteiger partial charge in [0.2, 0.25) is 0 Å². The van der Waals surface area contributed by atoms with Gasteiger partial charge in [-0.2, -0.15) is 0 Å². The van der Waals surface area contributed by atoms with Crippen LogP contribution < -0.4 is 0 Å². The van der Waals surface area contributed by atoms with Crippen LogP contribution in [-0.2, 0) is 30.1 Å². The lowest BCUT2D eigenvalue weighted by atomic mass is 9.55. The van der Waals surface area contributed by atoms with Crippen LogP contribution in [0.3, 0.4) is 0 Å². The predicted molar refractivity (Wildman–Crippen MR) is 532 cm³/mol. The SMILES string of the molecule is CCCCCCCCc1c(CCCCCCCC)c2cc(C)ccc2c2ccc(C)cc12.CCCCCCc1cc(C)cc(C)c1.Cc1cc(C)c2cc(C)cc(C)c2c1.Cc1ccc2c(c1)C(C)(C)C(C)(C)c1cc(C)ccc1-2.Cc1ccc2c(c1)cc(-c1ccccc1)c1cc(C)ccc12.Cc1cccc(C)c1.Cc1cccc(C)c1C. The summed E-state index contributed by atoms with van der Waals surface area (Å²) in [4.78, 5) is 0. The second-order valence-electron chi connectivity index (χ2n) is 36.7. The number of aryl methyl sites for hydroxylation is 19. The van der Waals surface area contributed by atoms with E-state index >= 15 is 0 Å². The molecule has 119 heavy (non-hydrogen) atoms. The first-order chi connectivity index (χ1) is 56.9. The fourth-order valence-electron chi connectivity index (χ4n) is 18.0. The standard InChI is InChI=1S/C32H46.C22H18.C20H24.C14H16.C14H22.C9H12.C8H10/c1-5-7-9-11-13-15-17-27-28(18-16-14-12-10-8-6-2)32-24-26(4)20-22-30(32)29-21-19-25(3)23-31(27)29;1-15-8-10-19-18(12-15)14-21(17-6-4-3-5-7-17)22-13-16(2)9-11-20(19)22;1-13-7-9-15-16-10-8-14(2)12-18(16)20(5,6)19(3,4)17(15)11-13;1-9-5-11(3)14-8-10(2)6-12(4)13(14)7-9;1-4-5-6-7-8-14-10-12(2)9-13(3)11-14;1-7-5-4-6-8(2)9(7)3;1-7-4-3-5-8(2)6-7/h19-24H,5-18H2,1-4H3;3-14H,1-2H3;7-12H,1-6H3;5-8H,1-4H3;9-11H,4-8H2,1-3H3;4-6H,1-3H3;3-6H,1-2H3. The molecule has 1 aliphatic rings. The topological polar surface area (TPSA) is 0 Å². The normalized spacial score (nSPS) is 12.1. The van der Waals surface area contributed by atoms with Crippen molar-refractivity contribution in [3.63, 3.8) is 0 Å². The van der Waals surface area contributed by atoms with E-state index in [1.54, 1.807) is 11.1 Å². The van der Waals surface area contributed by atoms with Crippen molar-refractivity contribution in [1.82, 2.24) is 0 Å². The van der Waals surface area contributed by atoms with Gasteiger partial charge >= 0.3 is 0 Å². The Morgan fingerprint density at radius 2 is 0.546 bits per heavy atom. The van der Waals surface area contributed by atoms with Crippen LogP contribution in [0.25, 0.3) is 76.1 Å². The van der Waals surface area contributed by atoms with Gasteiger partial charge in [0, 0.05) is 0 Å². The van der Waals surface area contributed by atoms with Gasteiger partial charge in [-0.05, 0) is 305 Å². The highest BCUT2D eigenvalue weighted by Gasteiger charge is 2.45. The zero-order chi connectivity index (χ0) is 86.1. The predicted octanol–water partition coefficient (Wildman–Crippen LogP) is 35.6. The fourth-order valence-corrected chi connectivity index (χ4v) is 18.0. The summed E-state index contributed by atoms with van der Waals surface area (Å²) in [7, 11) is 0. The van der Waals surface area contributed by atoms with Crippen LogP contribution in [0.2, 0.25) is 0 Å². The van der Waals surface area contributed by atoms with Crippen LogP contribution in [0.5, 0.6) is 0 Å². The lowest BCUT2D eigenvalue weighted by Crippen LogP contribution is -2.43. The molecule has 0 atom stereocenters. The van der Waals surface area contributed by atoms with Crippen molar-refractivity contribution < 1.29 is 0 Å². The van der Waals surface area contributed by atoms with Crippen LogP contribution in [-0.4, -0.2) is 0 Å². The van der Waals surface area contributed by atoms with E-state index < -0.39 is 0 Å². The maximum Gasteiger partial charge on any atom is -0.000558 e. The Morgan fingerprint density at radius 3 is 0.975 bits per heavy atom. The molecule has 0 unspecified atom stereocenters. The van der Waals surface area contributed by atoms with Gasteiger partial charge in [-0.1, -0.05) is 423 Å². The van der Waals surface area contributed by atoms with Crippen molar-refractivity contribution in [2.75, 3.05) is 0 Å². The number of hydrogen-bond donors (Lipinski definition) is 0. The molecule has 0 fully saturated rings. The summed E-state index contributed by atoms with van der Waals surface area (Å²) in [5.74, 6) is 0. The summed E-state index contributed by atoms with van der Waals surface area (Å²) < 4.78 is 0. The maximum atomic E-state index is 2.46. The second-order valence-corrected chi connectivity index (χ2v) is 36.7. The highest BCUT2D eigenvalue weighted by molar-refractivity contribution is 6.14. The Labute approximate surface area is 723 Å². The van der Waals surface area contributed by atoms with Gasteiger partial charge in [-0.3, -0.25) is 0 Å². The molecule has 0 aromatic heterocycles. The molecule has 0 heterocycles. The number of rotatable bonds is 20. The molecule has 0 radical (unpaired) electrons. The number of benzene rings is 14. The highest BCUT2D eigenvalue weighted by atomic mass is 14.5. The summed E-state index contributed by atoms with van der Waals surface area (Å²) in [6, 6.07) is 85.3. The molecule has 14 aromatic carbocycles. The van der Waals surface area contributed by atoms with Gasteiger partial charge in [0.05, 0.1) is 0 Å². The number of hydrogen-bond acceptors (Lipinski definition) is 0. The van der Waals surface area contributed by atoms with Gasteiger partial charge in [0.25, 0.3) is 0 Å². The maximum absolute atomic E-state index is 2.46. The third-order valence-electron chi connectivity index (χ3n) is 25.5. The average Bonchev–Trinajstić information content (AvgIpc) is 0.714. The highest BCUT2D eigenvalue weighted by Crippen LogP contribution is 2.54. The molecule has 0 amide bonds. The van der Waals surface area contributed by atoms with Crippen molar-refractivity contribution >= 4 is 53.9 Å². The molecule has 0 bridgehead atoms. The third kappa shape index (κ3) is 25.5. The largest absolute Gasteiger partial charge is 0.0654 e. The molecule has 624 valence electrons. The Balaban J connectivity index is 0.000000165. The lowest BCUT2D eigenvalue weighted by Gasteiger charge is -2.48. The Hall–Kier alpha value is -9.62. The minimum atomic E-state index is 0.134. The number of unbranched alkanes of at least 4 members (excludes halogenated alkanes) is 13. The molecule has 0 saturated heterocycles. The molecular weight excluding hydrogens is 1430 g/mol. The van der Waals surface area contributed by atoms with Crippen LogP contribution in [0.1, 0.15) is 274 Å². The minimum absolute atomic E-state index is 0.134. The van der Waals surface area contributed by atoms with Gasteiger partial charge < -0.3 is 0 Å². The zero-order valence-corrected chi connectivity index (χ0v) is 78.4. The molecule has 0 nitrogen and oxygen atoms in total. The Kier molecular flexibility index (Phi) is 35.0. The molecule has 14 aromatic rings. The Morgan fingerprint density at radius 1 is 0.210 bits per heavy atom. The van der Waals surface area contributed by atoms with Crippen molar-refractivity contribution in [3.05, 3.63) is 353 Å². The van der Waals surface area contributed by atoms with Gasteiger partial charge in [-0.25, -0.2) is 0 Å². The first-order valence-electron chi connectivity index (χ1n) is 45.7. The van der Waals surface area contributed by atoms with E-state index in [1.807, 2.05) is 0 Å². The monoisotopic (exact) mass is 1580 g/mol. The number of fused-ring (bicyclic) bond motifs is 10. The summed E-state index contributed by atoms with van der Waals surface area (Å²) in [5, 5.41) is 14.1. The van der Waals surface area contributed by atoms with Crippen molar-refractivity contribution in [3.8, 4) is 22.3 Å². The zero-order valence-electron chi connectivity index (χ0n) is 78.4. The minimum Gasteiger partial charge on any atom is -0.0654 e. The van der Waals surface area contributed by atoms with E-state index in [9.17, 15) is 0 Å². The van der Waals surface area contributed by atoms with Crippen LogP contribution in [0.15, 0.2) is 231 Å². The summed E-state index contributed by atoms with van der Waals surface area (Å²) >= 11 is 0. The van der Waals surface area contributed by atoms with Gasteiger partial charge in [0.15, 0.2) is 0 Å². The first-order valence-corrected chi connectivity index (χ1v) is 45.7. The van der Waals surface area contributed by atoms with Crippen molar-refractivity contribution in [2.24, 2.45) is 0 Å². The molecule has 0 spiro atoms. The molecule has 0 saturated carbocycles. The third-order valence-corrected chi connectivity index (χ3v) is 25.5. The summed E-state index contributed by atoms with van der Waals surface area (Å²) in [6.07, 6.45) is 25.6. The summed E-state index contributed by atoms with van der Waals surface area (Å²) in [5.41, 5.74) is 36.7. The van der Waals surface area contributed by atoms with Crippen LogP contribution in [0, 0.1) is 118 Å². The quantitative estimate of drug-likeness (QED) is 0.0527. The van der Waals surface area contributed by atoms with Crippen LogP contribution in [0.4, 0.5) is 0 Å². The van der Waals surface area contributed by atoms with E-state index in [0.717, 1.165) is 0 Å². The molecule has 0 aliphatic heterocycles. The van der Waals surface area contributed by atoms with E-state index in [0.29, 0.717) is 0 Å². The van der Waals surface area contributed by atoms with Gasteiger partial charge in [-0.15, -0.1) is 0 Å². The van der Waals surface area contributed by atoms with E-state index in [-0.39, 0.29) is 10.8 Å². The van der Waals surface area contributed by atoms with E-state index in [1.165, 1.54) is 309 Å². The Bertz CT molecular complexity index is 5400. The van der Waals surface area contributed by atoms with E-state index in [4.69, 9.17) is 0 Å². The smallest absolute Gasteiger partial charge is 0.000558 e. The lowest BCUT2D eigenvalue weighted by molar-refractivity contribution is 0.299. The molecule has 1 aliphatic carbocycles. The molecule has 0 heteroatoms. The van der Waals surface area contributed by atoms with Crippen molar-refractivity contribution in [2.45, 2.75) is 299 Å². The molecule has 15 rings (SSSR count). The fraction of sp³-hybridized carbons (Fsp3) is 0.378. The van der Waals surface area contributed by atoms with Crippen LogP contribution >= 0.6 is 0 Å². The average molecular weight is 1580 g/mol. The van der Waals surface area contributed by atoms with Crippen molar-refractivity contribution in [1.29, 1.82) is 0 Å². The van der Waals surface area contributed by atoms with Gasteiger partial charge in [0.1, 0.15) is 0 Å². The van der Waals surface area contributed by atoms with E-state index in [2.05, 4.69) is 397 Å². The summed E-state index contributed by atoms with van der Waals surface area (Å²) in [6.45, 7) is 53.3. The first kappa shape index (κ1) is 93.2.